The molecule has 3 fully saturated rings. The first kappa shape index (κ1) is 13.0. The van der Waals surface area contributed by atoms with Gasteiger partial charge in [0.2, 0.25) is 0 Å². The van der Waals surface area contributed by atoms with Gasteiger partial charge in [0.25, 0.3) is 11.8 Å². The van der Waals surface area contributed by atoms with E-state index in [9.17, 15) is 13.6 Å². The van der Waals surface area contributed by atoms with Gasteiger partial charge in [0.05, 0.1) is 11.3 Å². The van der Waals surface area contributed by atoms with E-state index in [0.29, 0.717) is 32.5 Å². The Hall–Kier alpha value is -0.970. The molecule has 2 saturated heterocycles. The quantitative estimate of drug-likeness (QED) is 0.721. The van der Waals surface area contributed by atoms with Gasteiger partial charge in [0, 0.05) is 19.7 Å². The molecule has 0 aromatic rings. The average molecular weight is 271 g/mol. The zero-order valence-electron chi connectivity index (χ0n) is 10.9. The van der Waals surface area contributed by atoms with Crippen LogP contribution in [0.3, 0.4) is 0 Å². The number of rotatable bonds is 2. The van der Waals surface area contributed by atoms with Gasteiger partial charge in [-0.3, -0.25) is 4.79 Å². The van der Waals surface area contributed by atoms with Crippen LogP contribution in [0.2, 0.25) is 0 Å². The Bertz CT molecular complexity index is 396. The molecule has 2 atom stereocenters. The molecule has 106 valence electrons. The summed E-state index contributed by atoms with van der Waals surface area (Å²) < 4.78 is 32.9. The van der Waals surface area contributed by atoms with Crippen molar-refractivity contribution in [2.75, 3.05) is 19.7 Å². The van der Waals surface area contributed by atoms with Crippen LogP contribution >= 0.6 is 0 Å². The second-order valence-corrected chi connectivity index (χ2v) is 5.82. The summed E-state index contributed by atoms with van der Waals surface area (Å²) in [5.74, 6) is -3.36. The maximum atomic E-state index is 13.8. The fourth-order valence-electron chi connectivity index (χ4n) is 3.66. The Balaban J connectivity index is 1.61. The number of ether oxygens (including phenoxy) is 1. The van der Waals surface area contributed by atoms with E-state index in [4.69, 9.17) is 4.74 Å². The minimum atomic E-state index is -2.63. The van der Waals surface area contributed by atoms with Crippen LogP contribution in [-0.4, -0.2) is 42.5 Å². The van der Waals surface area contributed by atoms with E-state index in [2.05, 4.69) is 6.58 Å². The Morgan fingerprint density at radius 1 is 1.37 bits per heavy atom. The van der Waals surface area contributed by atoms with Crippen LogP contribution in [0, 0.1) is 11.3 Å². The van der Waals surface area contributed by atoms with Crippen molar-refractivity contribution in [2.45, 2.75) is 37.7 Å². The van der Waals surface area contributed by atoms with Gasteiger partial charge >= 0.3 is 0 Å². The van der Waals surface area contributed by atoms with Gasteiger partial charge in [-0.2, -0.15) is 0 Å². The zero-order valence-corrected chi connectivity index (χ0v) is 10.9. The third-order valence-corrected chi connectivity index (χ3v) is 4.97. The SMILES string of the molecule is C=C[C@@H]1C(F)(F)C12CCN(C(=O)[C@H]1CCCO1)CC2. The van der Waals surface area contributed by atoms with Crippen molar-refractivity contribution in [3.05, 3.63) is 12.7 Å². The summed E-state index contributed by atoms with van der Waals surface area (Å²) >= 11 is 0. The van der Waals surface area contributed by atoms with Crippen LogP contribution in [0.25, 0.3) is 0 Å². The molecular formula is C14H19F2NO2. The normalized spacial score (nSPS) is 35.4. The van der Waals surface area contributed by atoms with Gasteiger partial charge in [-0.25, -0.2) is 8.78 Å². The molecule has 1 saturated carbocycles. The zero-order chi connectivity index (χ0) is 13.7. The van der Waals surface area contributed by atoms with Crippen molar-refractivity contribution >= 4 is 5.91 Å². The molecule has 2 heterocycles. The molecule has 0 aromatic heterocycles. The van der Waals surface area contributed by atoms with E-state index in [0.717, 1.165) is 12.8 Å². The summed E-state index contributed by atoms with van der Waals surface area (Å²) in [4.78, 5) is 13.8. The Morgan fingerprint density at radius 2 is 2.05 bits per heavy atom. The summed E-state index contributed by atoms with van der Waals surface area (Å²) in [5.41, 5.74) is -0.929. The maximum absolute atomic E-state index is 13.8. The van der Waals surface area contributed by atoms with Crippen molar-refractivity contribution in [1.82, 2.24) is 4.90 Å². The number of hydrogen-bond donors (Lipinski definition) is 0. The van der Waals surface area contributed by atoms with E-state index in [1.807, 2.05) is 0 Å². The first-order chi connectivity index (χ1) is 9.03. The van der Waals surface area contributed by atoms with E-state index >= 15 is 0 Å². The highest BCUT2D eigenvalue weighted by atomic mass is 19.3. The van der Waals surface area contributed by atoms with Crippen LogP contribution < -0.4 is 0 Å². The molecule has 2 aliphatic heterocycles. The fourth-order valence-corrected chi connectivity index (χ4v) is 3.66. The molecule has 0 aromatic carbocycles. The minimum absolute atomic E-state index is 0.0218. The number of hydrogen-bond acceptors (Lipinski definition) is 2. The lowest BCUT2D eigenvalue weighted by Crippen LogP contribution is -2.45. The predicted molar refractivity (Wildman–Crippen MR) is 65.9 cm³/mol. The molecule has 3 aliphatic rings. The first-order valence-electron chi connectivity index (χ1n) is 6.94. The Kier molecular flexibility index (Phi) is 2.93. The Morgan fingerprint density at radius 3 is 2.53 bits per heavy atom. The summed E-state index contributed by atoms with van der Waals surface area (Å²) in [6.45, 7) is 4.96. The van der Waals surface area contributed by atoms with Gasteiger partial charge in [0.1, 0.15) is 6.10 Å². The summed E-state index contributed by atoms with van der Waals surface area (Å²) in [7, 11) is 0. The monoisotopic (exact) mass is 271 g/mol. The smallest absolute Gasteiger partial charge is 0.261 e. The van der Waals surface area contributed by atoms with Crippen molar-refractivity contribution < 1.29 is 18.3 Å². The fraction of sp³-hybridized carbons (Fsp3) is 0.786. The van der Waals surface area contributed by atoms with Crippen molar-refractivity contribution in [3.63, 3.8) is 0 Å². The lowest BCUT2D eigenvalue weighted by atomic mass is 9.90. The number of allylic oxidation sites excluding steroid dienone is 1. The molecule has 0 bridgehead atoms. The highest BCUT2D eigenvalue weighted by Crippen LogP contribution is 2.71. The number of piperidine rings is 1. The Labute approximate surface area is 111 Å². The first-order valence-corrected chi connectivity index (χ1v) is 6.94. The molecule has 3 nitrogen and oxygen atoms in total. The molecular weight excluding hydrogens is 252 g/mol. The number of amides is 1. The topological polar surface area (TPSA) is 29.5 Å². The molecule has 0 unspecified atom stereocenters. The molecule has 1 amide bonds. The van der Waals surface area contributed by atoms with Gasteiger partial charge in [0.15, 0.2) is 0 Å². The molecule has 5 heteroatoms. The second kappa shape index (κ2) is 4.27. The van der Waals surface area contributed by atoms with Crippen LogP contribution in [0.4, 0.5) is 8.78 Å². The minimum Gasteiger partial charge on any atom is -0.368 e. The van der Waals surface area contributed by atoms with Gasteiger partial charge in [-0.15, -0.1) is 6.58 Å². The van der Waals surface area contributed by atoms with Crippen LogP contribution in [0.5, 0.6) is 0 Å². The lowest BCUT2D eigenvalue weighted by molar-refractivity contribution is -0.143. The van der Waals surface area contributed by atoms with Crippen molar-refractivity contribution in [1.29, 1.82) is 0 Å². The van der Waals surface area contributed by atoms with Crippen molar-refractivity contribution in [3.8, 4) is 0 Å². The summed E-state index contributed by atoms with van der Waals surface area (Å²) in [6.07, 6.45) is 3.43. The van der Waals surface area contributed by atoms with E-state index in [1.54, 1.807) is 4.90 Å². The van der Waals surface area contributed by atoms with E-state index in [-0.39, 0.29) is 12.0 Å². The molecule has 3 rings (SSSR count). The third kappa shape index (κ3) is 1.74. The highest BCUT2D eigenvalue weighted by molar-refractivity contribution is 5.81. The molecule has 1 aliphatic carbocycles. The van der Waals surface area contributed by atoms with Crippen LogP contribution in [0.1, 0.15) is 25.7 Å². The van der Waals surface area contributed by atoms with Gasteiger partial charge in [-0.1, -0.05) is 6.08 Å². The number of halogens is 2. The molecule has 19 heavy (non-hydrogen) atoms. The second-order valence-electron chi connectivity index (χ2n) is 5.82. The number of carbonyl (C=O) groups excluding carboxylic acids is 1. The number of carbonyl (C=O) groups is 1. The van der Waals surface area contributed by atoms with E-state index < -0.39 is 17.3 Å². The molecule has 0 N–H and O–H groups in total. The summed E-state index contributed by atoms with van der Waals surface area (Å²) in [6, 6.07) is 0. The predicted octanol–water partition coefficient (Wildman–Crippen LogP) is 2.23. The van der Waals surface area contributed by atoms with Crippen LogP contribution in [0.15, 0.2) is 12.7 Å². The standard InChI is InChI=1S/C14H19F2NO2/c1-2-11-13(14(11,15)16)5-7-17(8-6-13)12(18)10-4-3-9-19-10/h2,10-11H,1,3-9H2/t10-,11+/m1/s1. The van der Waals surface area contributed by atoms with Gasteiger partial charge < -0.3 is 9.64 Å². The molecule has 0 radical (unpaired) electrons. The largest absolute Gasteiger partial charge is 0.368 e. The number of likely N-dealkylation sites (tertiary alicyclic amines) is 1. The van der Waals surface area contributed by atoms with Gasteiger partial charge in [-0.05, 0) is 25.7 Å². The van der Waals surface area contributed by atoms with Crippen LogP contribution in [-0.2, 0) is 9.53 Å². The number of nitrogens with zero attached hydrogens (tertiary/aromatic N) is 1. The third-order valence-electron chi connectivity index (χ3n) is 4.97. The van der Waals surface area contributed by atoms with E-state index in [1.165, 1.54) is 6.08 Å². The maximum Gasteiger partial charge on any atom is 0.261 e. The average Bonchev–Trinajstić information content (AvgIpc) is 2.81. The number of alkyl halides is 2. The highest BCUT2D eigenvalue weighted by Gasteiger charge is 2.78. The lowest BCUT2D eigenvalue weighted by Gasteiger charge is -2.33. The van der Waals surface area contributed by atoms with Crippen molar-refractivity contribution in [2.24, 2.45) is 11.3 Å². The summed E-state index contributed by atoms with van der Waals surface area (Å²) in [5, 5.41) is 0. The molecule has 1 spiro atoms.